The second-order valence-electron chi connectivity index (χ2n) is 6.05. The molecular formula is C17H24N4O2S. The lowest BCUT2D eigenvalue weighted by atomic mass is 9.91. The van der Waals surface area contributed by atoms with Crippen LogP contribution in [-0.4, -0.2) is 42.0 Å². The summed E-state index contributed by atoms with van der Waals surface area (Å²) in [7, 11) is 3.63. The molecule has 6 nitrogen and oxygen atoms in total. The first-order valence-electron chi connectivity index (χ1n) is 8.26. The topological polar surface area (TPSA) is 68.2 Å². The lowest BCUT2D eigenvalue weighted by Gasteiger charge is -2.24. The Bertz CT molecular complexity index is 681. The number of amides is 1. The number of hydrogen-bond acceptors (Lipinski definition) is 5. The van der Waals surface area contributed by atoms with Gasteiger partial charge < -0.3 is 15.4 Å². The summed E-state index contributed by atoms with van der Waals surface area (Å²) in [6.07, 6.45) is 2.85. The van der Waals surface area contributed by atoms with Gasteiger partial charge in [0.05, 0.1) is 13.2 Å². The maximum absolute atomic E-state index is 12.6. The molecule has 0 aromatic carbocycles. The van der Waals surface area contributed by atoms with Crippen molar-refractivity contribution in [2.45, 2.75) is 31.8 Å². The molecule has 0 saturated heterocycles. The number of ether oxygens (including phenoxy) is 1. The maximum atomic E-state index is 12.6. The molecule has 0 saturated carbocycles. The largest absolute Gasteiger partial charge is 0.383 e. The van der Waals surface area contributed by atoms with Gasteiger partial charge in [0.15, 0.2) is 5.69 Å². The molecule has 130 valence electrons. The minimum Gasteiger partial charge on any atom is -0.383 e. The standard InChI is InChI=1S/C17H24N4O2S/c1-21-15-6-5-12(18-7-8-23-2)10-14(15)16(20-21)17(22)19-11-13-4-3-9-24-13/h3-4,9,12,18H,5-8,10-11H2,1-2H3,(H,19,22). The van der Waals surface area contributed by atoms with E-state index in [0.717, 1.165) is 36.2 Å². The monoisotopic (exact) mass is 348 g/mol. The molecule has 0 bridgehead atoms. The summed E-state index contributed by atoms with van der Waals surface area (Å²) in [6.45, 7) is 2.08. The third-order valence-electron chi connectivity index (χ3n) is 4.41. The second kappa shape index (κ2) is 7.92. The molecule has 1 aliphatic rings. The van der Waals surface area contributed by atoms with Gasteiger partial charge in [0, 0.05) is 42.9 Å². The summed E-state index contributed by atoms with van der Waals surface area (Å²) in [5.41, 5.74) is 2.84. The van der Waals surface area contributed by atoms with E-state index in [-0.39, 0.29) is 5.91 Å². The molecule has 2 aromatic rings. The van der Waals surface area contributed by atoms with Crippen molar-refractivity contribution in [1.29, 1.82) is 0 Å². The van der Waals surface area contributed by atoms with Crippen LogP contribution in [0.25, 0.3) is 0 Å². The zero-order chi connectivity index (χ0) is 16.9. The molecule has 1 unspecified atom stereocenters. The summed E-state index contributed by atoms with van der Waals surface area (Å²) >= 11 is 1.64. The van der Waals surface area contributed by atoms with E-state index >= 15 is 0 Å². The summed E-state index contributed by atoms with van der Waals surface area (Å²) < 4.78 is 6.96. The van der Waals surface area contributed by atoms with Crippen molar-refractivity contribution in [2.75, 3.05) is 20.3 Å². The summed E-state index contributed by atoms with van der Waals surface area (Å²) in [6, 6.07) is 4.39. The van der Waals surface area contributed by atoms with Crippen LogP contribution in [0, 0.1) is 0 Å². The number of methoxy groups -OCH3 is 1. The molecule has 1 amide bonds. The van der Waals surface area contributed by atoms with Crippen molar-refractivity contribution >= 4 is 17.2 Å². The highest BCUT2D eigenvalue weighted by atomic mass is 32.1. The van der Waals surface area contributed by atoms with Crippen LogP contribution in [0.15, 0.2) is 17.5 Å². The van der Waals surface area contributed by atoms with Gasteiger partial charge in [0.25, 0.3) is 5.91 Å². The Morgan fingerprint density at radius 1 is 1.54 bits per heavy atom. The van der Waals surface area contributed by atoms with Crippen LogP contribution in [0.4, 0.5) is 0 Å². The number of aryl methyl sites for hydroxylation is 1. The van der Waals surface area contributed by atoms with E-state index in [1.165, 1.54) is 5.69 Å². The van der Waals surface area contributed by atoms with Gasteiger partial charge in [0.1, 0.15) is 0 Å². The highest BCUT2D eigenvalue weighted by Gasteiger charge is 2.27. The third-order valence-corrected chi connectivity index (χ3v) is 5.29. The number of hydrogen-bond donors (Lipinski definition) is 2. The number of nitrogens with zero attached hydrogens (tertiary/aromatic N) is 2. The van der Waals surface area contributed by atoms with Crippen LogP contribution < -0.4 is 10.6 Å². The van der Waals surface area contributed by atoms with E-state index < -0.39 is 0 Å². The van der Waals surface area contributed by atoms with Crippen molar-refractivity contribution in [2.24, 2.45) is 7.05 Å². The van der Waals surface area contributed by atoms with E-state index in [9.17, 15) is 4.79 Å². The Hall–Kier alpha value is -1.70. The van der Waals surface area contributed by atoms with E-state index in [1.54, 1.807) is 18.4 Å². The van der Waals surface area contributed by atoms with Crippen LogP contribution in [0.5, 0.6) is 0 Å². The van der Waals surface area contributed by atoms with E-state index in [2.05, 4.69) is 15.7 Å². The SMILES string of the molecule is COCCNC1CCc2c(c(C(=O)NCc3cccs3)nn2C)C1. The Morgan fingerprint density at radius 2 is 2.42 bits per heavy atom. The van der Waals surface area contributed by atoms with Gasteiger partial charge >= 0.3 is 0 Å². The third kappa shape index (κ3) is 3.85. The first-order chi connectivity index (χ1) is 11.7. The molecule has 1 atom stereocenters. The van der Waals surface area contributed by atoms with Crippen LogP contribution >= 0.6 is 11.3 Å². The molecular weight excluding hydrogens is 324 g/mol. The van der Waals surface area contributed by atoms with E-state index in [0.29, 0.717) is 24.9 Å². The van der Waals surface area contributed by atoms with Crippen LogP contribution in [0.3, 0.4) is 0 Å². The zero-order valence-electron chi connectivity index (χ0n) is 14.2. The minimum atomic E-state index is -0.0854. The lowest BCUT2D eigenvalue weighted by Crippen LogP contribution is -2.37. The fraction of sp³-hybridized carbons (Fsp3) is 0.529. The molecule has 2 heterocycles. The van der Waals surface area contributed by atoms with Crippen LogP contribution in [-0.2, 0) is 31.2 Å². The fourth-order valence-corrected chi connectivity index (χ4v) is 3.82. The average Bonchev–Trinajstić information content (AvgIpc) is 3.21. The first-order valence-corrected chi connectivity index (χ1v) is 9.14. The first kappa shape index (κ1) is 17.1. The quantitative estimate of drug-likeness (QED) is 0.744. The lowest BCUT2D eigenvalue weighted by molar-refractivity contribution is 0.0944. The number of aromatic nitrogens is 2. The molecule has 1 aliphatic carbocycles. The Morgan fingerprint density at radius 3 is 3.17 bits per heavy atom. The average molecular weight is 348 g/mol. The van der Waals surface area contributed by atoms with Gasteiger partial charge in [-0.3, -0.25) is 9.48 Å². The number of carbonyl (C=O) groups excluding carboxylic acids is 1. The van der Waals surface area contributed by atoms with Crippen molar-refractivity contribution < 1.29 is 9.53 Å². The molecule has 0 aliphatic heterocycles. The van der Waals surface area contributed by atoms with E-state index in [4.69, 9.17) is 4.74 Å². The summed E-state index contributed by atoms with van der Waals surface area (Å²) in [4.78, 5) is 13.7. The molecule has 0 fully saturated rings. The number of fused-ring (bicyclic) bond motifs is 1. The highest BCUT2D eigenvalue weighted by Crippen LogP contribution is 2.24. The normalized spacial score (nSPS) is 16.8. The van der Waals surface area contributed by atoms with Crippen molar-refractivity contribution in [1.82, 2.24) is 20.4 Å². The molecule has 2 N–H and O–H groups in total. The molecule has 2 aromatic heterocycles. The number of carbonyl (C=O) groups is 1. The van der Waals surface area contributed by atoms with Gasteiger partial charge in [-0.15, -0.1) is 11.3 Å². The van der Waals surface area contributed by atoms with Gasteiger partial charge in [-0.25, -0.2) is 0 Å². The van der Waals surface area contributed by atoms with Gasteiger partial charge in [0.2, 0.25) is 0 Å². The Labute approximate surface area is 146 Å². The number of rotatable bonds is 7. The predicted molar refractivity (Wildman–Crippen MR) is 94.4 cm³/mol. The van der Waals surface area contributed by atoms with Crippen molar-refractivity contribution in [3.63, 3.8) is 0 Å². The molecule has 24 heavy (non-hydrogen) atoms. The maximum Gasteiger partial charge on any atom is 0.272 e. The molecule has 7 heteroatoms. The number of thiophene rings is 1. The molecule has 0 radical (unpaired) electrons. The van der Waals surface area contributed by atoms with Crippen molar-refractivity contribution in [3.8, 4) is 0 Å². The molecule has 3 rings (SSSR count). The summed E-state index contributed by atoms with van der Waals surface area (Å²) in [5, 5.41) is 13.0. The second-order valence-corrected chi connectivity index (χ2v) is 7.08. The smallest absolute Gasteiger partial charge is 0.272 e. The minimum absolute atomic E-state index is 0.0854. The van der Waals surface area contributed by atoms with Gasteiger partial charge in [-0.2, -0.15) is 5.10 Å². The molecule has 0 spiro atoms. The zero-order valence-corrected chi connectivity index (χ0v) is 15.0. The van der Waals surface area contributed by atoms with Crippen LogP contribution in [0.2, 0.25) is 0 Å². The Balaban J connectivity index is 1.67. The predicted octanol–water partition coefficient (Wildman–Crippen LogP) is 1.50. The van der Waals surface area contributed by atoms with Gasteiger partial charge in [-0.05, 0) is 30.7 Å². The highest BCUT2D eigenvalue weighted by molar-refractivity contribution is 7.09. The summed E-state index contributed by atoms with van der Waals surface area (Å²) in [5.74, 6) is -0.0854. The van der Waals surface area contributed by atoms with Gasteiger partial charge in [-0.1, -0.05) is 6.07 Å². The van der Waals surface area contributed by atoms with Crippen LogP contribution in [0.1, 0.15) is 33.0 Å². The number of nitrogens with one attached hydrogen (secondary N) is 2. The van der Waals surface area contributed by atoms with Crippen molar-refractivity contribution in [3.05, 3.63) is 39.3 Å². The fourth-order valence-electron chi connectivity index (χ4n) is 3.18. The Kier molecular flexibility index (Phi) is 5.65. The van der Waals surface area contributed by atoms with E-state index in [1.807, 2.05) is 29.2 Å².